The van der Waals surface area contributed by atoms with Gasteiger partial charge in [-0.25, -0.2) is 9.18 Å². The van der Waals surface area contributed by atoms with E-state index in [0.717, 1.165) is 13.2 Å². The quantitative estimate of drug-likeness (QED) is 0.167. The summed E-state index contributed by atoms with van der Waals surface area (Å²) in [5.41, 5.74) is -1.77. The van der Waals surface area contributed by atoms with Gasteiger partial charge in [-0.3, -0.25) is 9.64 Å². The number of halogens is 2. The van der Waals surface area contributed by atoms with Crippen LogP contribution in [-0.4, -0.2) is 77.7 Å². The number of methoxy groups -OCH3 is 1. The van der Waals surface area contributed by atoms with Crippen LogP contribution < -0.4 is 4.90 Å². The van der Waals surface area contributed by atoms with Crippen molar-refractivity contribution in [3.8, 4) is 0 Å². The lowest BCUT2D eigenvalue weighted by Crippen LogP contribution is -2.84. The smallest absolute Gasteiger partial charge is 0.362 e. The first-order valence-corrected chi connectivity index (χ1v) is 7.26. The Hall–Kier alpha value is -1.46. The van der Waals surface area contributed by atoms with Crippen molar-refractivity contribution in [2.45, 2.75) is 23.8 Å². The van der Waals surface area contributed by atoms with Crippen LogP contribution in [0.25, 0.3) is 0 Å². The Bertz CT molecular complexity index is 725. The molecule has 0 spiro atoms. The molecule has 1 aliphatic rings. The minimum Gasteiger partial charge on any atom is -0.465 e. The summed E-state index contributed by atoms with van der Waals surface area (Å²) in [7, 11) is 0.956. The fraction of sp³-hybridized carbons (Fsp3) is 0.417. The molecule has 0 saturated carbocycles. The van der Waals surface area contributed by atoms with Crippen LogP contribution in [0.1, 0.15) is 10.4 Å². The zero-order valence-corrected chi connectivity index (χ0v) is 14.2. The fourth-order valence-corrected chi connectivity index (χ4v) is 2.60. The van der Waals surface area contributed by atoms with Crippen LogP contribution in [0.3, 0.4) is 0 Å². The Morgan fingerprint density at radius 2 is 1.54 bits per heavy atom. The third kappa shape index (κ3) is 2.85. The number of carbonyl (C=O) groups is 1. The molecule has 0 aliphatic carbocycles. The second-order valence-corrected chi connectivity index (χ2v) is 6.06. The van der Waals surface area contributed by atoms with Crippen molar-refractivity contribution < 1.29 is 59.5 Å². The summed E-state index contributed by atoms with van der Waals surface area (Å²) in [6.07, 6.45) is 0. The van der Waals surface area contributed by atoms with E-state index in [1.165, 1.54) is 0 Å². The topological polar surface area (TPSA) is 201 Å². The van der Waals surface area contributed by atoms with Gasteiger partial charge in [0.15, 0.2) is 5.82 Å². The van der Waals surface area contributed by atoms with Crippen LogP contribution in [0.2, 0.25) is 0 Å². The van der Waals surface area contributed by atoms with Crippen LogP contribution in [0.15, 0.2) is 16.6 Å². The molecule has 1 heterocycles. The first kappa shape index (κ1) is 20.8. The number of esters is 1. The number of ether oxygens (including phenoxy) is 2. The maximum Gasteiger partial charge on any atom is 0.362 e. The highest BCUT2D eigenvalue weighted by atomic mass is 79.9. The molecule has 1 aromatic rings. The van der Waals surface area contributed by atoms with E-state index in [-0.39, 0.29) is 0 Å². The van der Waals surface area contributed by atoms with Crippen LogP contribution in [-0.2, 0) is 9.47 Å². The number of hydrogen-bond acceptors (Lipinski definition) is 12. The standard InChI is InChI=1S/C12H13BrFNO11/c1-25-8(16)4-2-5(13)7(14)6(3-4)15-9(17,18)11(21,22)26-12(23,24)10(15,19)20/h2-3,17-24H,1H3. The van der Waals surface area contributed by atoms with Crippen molar-refractivity contribution in [1.82, 2.24) is 0 Å². The van der Waals surface area contributed by atoms with Gasteiger partial charge in [0.2, 0.25) is 0 Å². The summed E-state index contributed by atoms with van der Waals surface area (Å²) in [5.74, 6) is -19.6. The molecular weight excluding hydrogens is 433 g/mol. The lowest BCUT2D eigenvalue weighted by molar-refractivity contribution is -0.606. The number of rotatable bonds is 2. The minimum atomic E-state index is -4.27. The Morgan fingerprint density at radius 1 is 1.08 bits per heavy atom. The number of morpholine rings is 1. The zero-order valence-electron chi connectivity index (χ0n) is 12.7. The molecule has 26 heavy (non-hydrogen) atoms. The summed E-state index contributed by atoms with van der Waals surface area (Å²) in [4.78, 5) is 10.9. The molecule has 0 aromatic heterocycles. The molecule has 1 fully saturated rings. The van der Waals surface area contributed by atoms with E-state index >= 15 is 0 Å². The van der Waals surface area contributed by atoms with Crippen LogP contribution in [0.5, 0.6) is 0 Å². The second-order valence-electron chi connectivity index (χ2n) is 5.21. The average molecular weight is 446 g/mol. The van der Waals surface area contributed by atoms with Gasteiger partial charge in [-0.05, 0) is 28.1 Å². The normalized spacial score (nSPS) is 22.8. The lowest BCUT2D eigenvalue weighted by atomic mass is 10.1. The molecule has 0 radical (unpaired) electrons. The van der Waals surface area contributed by atoms with Crippen molar-refractivity contribution >= 4 is 27.6 Å². The van der Waals surface area contributed by atoms with Gasteiger partial charge in [0.1, 0.15) is 0 Å². The minimum absolute atomic E-state index is 0.475. The van der Waals surface area contributed by atoms with E-state index in [9.17, 15) is 50.0 Å². The number of carbonyl (C=O) groups excluding carboxylic acids is 1. The number of benzene rings is 1. The molecule has 1 saturated heterocycles. The molecule has 14 heteroatoms. The SMILES string of the molecule is COC(=O)c1cc(Br)c(F)c(N2C(O)(O)C(O)(O)OC(O)(O)C2(O)O)c1. The monoisotopic (exact) mass is 445 g/mol. The molecule has 1 aromatic carbocycles. The largest absolute Gasteiger partial charge is 0.465 e. The van der Waals surface area contributed by atoms with Gasteiger partial charge >= 0.3 is 29.7 Å². The highest BCUT2D eigenvalue weighted by Gasteiger charge is 2.75. The van der Waals surface area contributed by atoms with E-state index in [1.54, 1.807) is 0 Å². The van der Waals surface area contributed by atoms with E-state index < -0.39 is 56.2 Å². The first-order valence-electron chi connectivity index (χ1n) is 6.47. The number of anilines is 1. The van der Waals surface area contributed by atoms with Crippen LogP contribution in [0.4, 0.5) is 10.1 Å². The van der Waals surface area contributed by atoms with Gasteiger partial charge in [-0.1, -0.05) is 0 Å². The Kier molecular flexibility index (Phi) is 4.83. The first-order chi connectivity index (χ1) is 11.6. The molecule has 0 bridgehead atoms. The summed E-state index contributed by atoms with van der Waals surface area (Å²) in [6.45, 7) is 0. The molecule has 8 N–H and O–H groups in total. The van der Waals surface area contributed by atoms with Crippen molar-refractivity contribution in [2.24, 2.45) is 0 Å². The van der Waals surface area contributed by atoms with Gasteiger partial charge in [0.05, 0.1) is 22.8 Å². The number of hydrogen-bond donors (Lipinski definition) is 8. The van der Waals surface area contributed by atoms with E-state index in [1.807, 2.05) is 0 Å². The van der Waals surface area contributed by atoms with Crippen LogP contribution >= 0.6 is 15.9 Å². The molecule has 146 valence electrons. The van der Waals surface area contributed by atoms with Gasteiger partial charge < -0.3 is 45.6 Å². The van der Waals surface area contributed by atoms with E-state index in [4.69, 9.17) is 0 Å². The van der Waals surface area contributed by atoms with E-state index in [2.05, 4.69) is 25.4 Å². The average Bonchev–Trinajstić information content (AvgIpc) is 2.47. The maximum absolute atomic E-state index is 14.5. The van der Waals surface area contributed by atoms with Crippen LogP contribution in [0, 0.1) is 5.82 Å². The molecule has 2 rings (SSSR count). The van der Waals surface area contributed by atoms with E-state index in [0.29, 0.717) is 6.07 Å². The lowest BCUT2D eigenvalue weighted by Gasteiger charge is -2.55. The second kappa shape index (κ2) is 6.03. The Morgan fingerprint density at radius 3 is 1.96 bits per heavy atom. The van der Waals surface area contributed by atoms with Crippen molar-refractivity contribution in [3.63, 3.8) is 0 Å². The number of nitrogens with zero attached hydrogens (tertiary/aromatic N) is 1. The third-order valence-corrected chi connectivity index (χ3v) is 4.03. The maximum atomic E-state index is 14.5. The molecule has 12 nitrogen and oxygen atoms in total. The van der Waals surface area contributed by atoms with Gasteiger partial charge in [-0.15, -0.1) is 0 Å². The summed E-state index contributed by atoms with van der Waals surface area (Å²) < 4.78 is 22.0. The van der Waals surface area contributed by atoms with Crippen molar-refractivity contribution in [2.75, 3.05) is 12.0 Å². The Balaban J connectivity index is 2.82. The third-order valence-electron chi connectivity index (χ3n) is 3.45. The highest BCUT2D eigenvalue weighted by molar-refractivity contribution is 9.10. The predicted molar refractivity (Wildman–Crippen MR) is 77.7 cm³/mol. The molecule has 0 unspecified atom stereocenters. The highest BCUT2D eigenvalue weighted by Crippen LogP contribution is 2.46. The summed E-state index contributed by atoms with van der Waals surface area (Å²) in [5, 5.41) is 77.6. The Labute approximate surface area is 151 Å². The van der Waals surface area contributed by atoms with Crippen molar-refractivity contribution in [1.29, 1.82) is 0 Å². The van der Waals surface area contributed by atoms with Gasteiger partial charge in [-0.2, -0.15) is 0 Å². The van der Waals surface area contributed by atoms with Gasteiger partial charge in [0.25, 0.3) is 0 Å². The summed E-state index contributed by atoms with van der Waals surface area (Å²) >= 11 is 2.68. The molecule has 1 aliphatic heterocycles. The summed E-state index contributed by atoms with van der Waals surface area (Å²) in [6, 6.07) is 1.35. The molecular formula is C12H13BrFNO11. The molecule has 0 atom stereocenters. The zero-order chi connectivity index (χ0) is 20.3. The predicted octanol–water partition coefficient (Wildman–Crippen LogP) is -3.24. The van der Waals surface area contributed by atoms with Gasteiger partial charge in [0, 0.05) is 0 Å². The van der Waals surface area contributed by atoms with Crippen molar-refractivity contribution in [3.05, 3.63) is 28.0 Å². The molecule has 0 amide bonds. The fourth-order valence-electron chi connectivity index (χ4n) is 2.15. The number of aliphatic hydroxyl groups is 8.